The Hall–Kier alpha value is -1.89. The van der Waals surface area contributed by atoms with Crippen molar-refractivity contribution in [2.75, 3.05) is 13.7 Å². The van der Waals surface area contributed by atoms with Crippen LogP contribution >= 0.6 is 0 Å². The second kappa shape index (κ2) is 8.41. The number of ether oxygens (including phenoxy) is 2. The predicted molar refractivity (Wildman–Crippen MR) is 77.6 cm³/mol. The van der Waals surface area contributed by atoms with Gasteiger partial charge < -0.3 is 20.5 Å². The third-order valence-electron chi connectivity index (χ3n) is 2.66. The summed E-state index contributed by atoms with van der Waals surface area (Å²) in [4.78, 5) is 4.13. The molecule has 0 heterocycles. The molecule has 118 valence electrons. The van der Waals surface area contributed by atoms with E-state index in [1.165, 1.54) is 6.07 Å². The number of halogens is 2. The number of nitrogens with zero attached hydrogens (tertiary/aromatic N) is 1. The molecule has 1 unspecified atom stereocenters. The average molecular weight is 301 g/mol. The molecule has 5 nitrogen and oxygen atoms in total. The number of benzene rings is 1. The van der Waals surface area contributed by atoms with Crippen LogP contribution in [0.2, 0.25) is 0 Å². The van der Waals surface area contributed by atoms with Gasteiger partial charge in [0.2, 0.25) is 0 Å². The summed E-state index contributed by atoms with van der Waals surface area (Å²) in [6, 6.07) is 4.96. The molecule has 1 atom stereocenters. The fraction of sp³-hybridized carbons (Fsp3) is 0.500. The van der Waals surface area contributed by atoms with Crippen LogP contribution in [0.3, 0.4) is 0 Å². The lowest BCUT2D eigenvalue weighted by Gasteiger charge is -2.14. The molecule has 3 N–H and O–H groups in total. The standard InChI is InChI=1S/C14H21F2N3O2/c1-9-4-5-12(21-13(15)16)11(6-9)7-18-14(17)19-10(2)8-20-3/h4-6,10,13H,7-8H2,1-3H3,(H3,17,18,19). The molecular weight excluding hydrogens is 280 g/mol. The van der Waals surface area contributed by atoms with Crippen molar-refractivity contribution in [3.63, 3.8) is 0 Å². The Bertz CT molecular complexity index is 481. The fourth-order valence-corrected chi connectivity index (χ4v) is 1.80. The van der Waals surface area contributed by atoms with Gasteiger partial charge in [0.05, 0.1) is 13.2 Å². The molecule has 0 spiro atoms. The van der Waals surface area contributed by atoms with Gasteiger partial charge in [0, 0.05) is 18.7 Å². The zero-order chi connectivity index (χ0) is 15.8. The molecule has 0 bridgehead atoms. The molecule has 0 amide bonds. The second-order valence-electron chi connectivity index (χ2n) is 4.69. The van der Waals surface area contributed by atoms with E-state index in [1.54, 1.807) is 19.2 Å². The first-order valence-electron chi connectivity index (χ1n) is 6.52. The summed E-state index contributed by atoms with van der Waals surface area (Å²) in [5.74, 6) is 0.334. The van der Waals surface area contributed by atoms with Crippen LogP contribution in [0.4, 0.5) is 8.78 Å². The third kappa shape index (κ3) is 6.40. The normalized spacial score (nSPS) is 13.3. The minimum Gasteiger partial charge on any atom is -0.434 e. The van der Waals surface area contributed by atoms with Gasteiger partial charge in [0.1, 0.15) is 5.75 Å². The van der Waals surface area contributed by atoms with Crippen molar-refractivity contribution in [3.05, 3.63) is 29.3 Å². The molecule has 0 aliphatic rings. The van der Waals surface area contributed by atoms with Crippen molar-refractivity contribution >= 4 is 5.96 Å². The lowest BCUT2D eigenvalue weighted by molar-refractivity contribution is -0.0504. The van der Waals surface area contributed by atoms with Gasteiger partial charge in [-0.25, -0.2) is 4.99 Å². The number of hydrogen-bond donors (Lipinski definition) is 2. The summed E-state index contributed by atoms with van der Waals surface area (Å²) >= 11 is 0. The number of nitrogens with one attached hydrogen (secondary N) is 1. The van der Waals surface area contributed by atoms with E-state index in [2.05, 4.69) is 15.0 Å². The quantitative estimate of drug-likeness (QED) is 0.597. The Kier molecular flexibility index (Phi) is 6.87. The number of rotatable bonds is 7. The lowest BCUT2D eigenvalue weighted by atomic mass is 10.1. The predicted octanol–water partition coefficient (Wildman–Crippen LogP) is 2.04. The number of alkyl halides is 2. The van der Waals surface area contributed by atoms with E-state index >= 15 is 0 Å². The van der Waals surface area contributed by atoms with Crippen LogP contribution in [0.5, 0.6) is 5.75 Å². The molecule has 1 rings (SSSR count). The van der Waals surface area contributed by atoms with Gasteiger partial charge in [-0.15, -0.1) is 0 Å². The van der Waals surface area contributed by atoms with Gasteiger partial charge in [-0.05, 0) is 19.9 Å². The molecule has 0 saturated carbocycles. The van der Waals surface area contributed by atoms with Crippen LogP contribution in [-0.2, 0) is 11.3 Å². The second-order valence-corrected chi connectivity index (χ2v) is 4.69. The minimum absolute atomic E-state index is 0.00745. The molecule has 7 heteroatoms. The highest BCUT2D eigenvalue weighted by molar-refractivity contribution is 5.78. The molecule has 0 radical (unpaired) electrons. The summed E-state index contributed by atoms with van der Waals surface area (Å²) in [6.07, 6.45) is 0. The highest BCUT2D eigenvalue weighted by Gasteiger charge is 2.10. The fourth-order valence-electron chi connectivity index (χ4n) is 1.80. The van der Waals surface area contributed by atoms with Crippen LogP contribution in [0.1, 0.15) is 18.1 Å². The van der Waals surface area contributed by atoms with Gasteiger partial charge in [0.25, 0.3) is 0 Å². The first kappa shape index (κ1) is 17.2. The van der Waals surface area contributed by atoms with E-state index in [9.17, 15) is 8.78 Å². The summed E-state index contributed by atoms with van der Waals surface area (Å²) < 4.78 is 34.1. The largest absolute Gasteiger partial charge is 0.434 e. The van der Waals surface area contributed by atoms with E-state index in [-0.39, 0.29) is 24.3 Å². The van der Waals surface area contributed by atoms with E-state index in [0.29, 0.717) is 12.2 Å². The number of hydrogen-bond acceptors (Lipinski definition) is 3. The summed E-state index contributed by atoms with van der Waals surface area (Å²) in [5, 5.41) is 2.94. The van der Waals surface area contributed by atoms with Crippen molar-refractivity contribution in [3.8, 4) is 5.75 Å². The first-order chi connectivity index (χ1) is 9.92. The Morgan fingerprint density at radius 1 is 1.43 bits per heavy atom. The van der Waals surface area contributed by atoms with Gasteiger partial charge in [-0.2, -0.15) is 8.78 Å². The Morgan fingerprint density at radius 2 is 2.14 bits per heavy atom. The lowest BCUT2D eigenvalue weighted by Crippen LogP contribution is -2.40. The monoisotopic (exact) mass is 301 g/mol. The average Bonchev–Trinajstić information content (AvgIpc) is 2.38. The van der Waals surface area contributed by atoms with Crippen LogP contribution in [-0.4, -0.2) is 32.3 Å². The molecule has 1 aromatic rings. The van der Waals surface area contributed by atoms with Crippen molar-refractivity contribution in [2.24, 2.45) is 10.7 Å². The zero-order valence-corrected chi connectivity index (χ0v) is 12.4. The summed E-state index contributed by atoms with van der Waals surface area (Å²) in [5.41, 5.74) is 7.22. The highest BCUT2D eigenvalue weighted by atomic mass is 19.3. The molecule has 21 heavy (non-hydrogen) atoms. The number of guanidine groups is 1. The van der Waals surface area contributed by atoms with Crippen LogP contribution in [0, 0.1) is 6.92 Å². The number of methoxy groups -OCH3 is 1. The van der Waals surface area contributed by atoms with Gasteiger partial charge in [-0.3, -0.25) is 0 Å². The van der Waals surface area contributed by atoms with Crippen molar-refractivity contribution in [1.82, 2.24) is 5.32 Å². The maximum absolute atomic E-state index is 12.3. The van der Waals surface area contributed by atoms with Crippen molar-refractivity contribution in [1.29, 1.82) is 0 Å². The number of nitrogens with two attached hydrogens (primary N) is 1. The van der Waals surface area contributed by atoms with E-state index in [1.807, 2.05) is 13.8 Å². The number of aliphatic imine (C=N–C) groups is 1. The molecular formula is C14H21F2N3O2. The summed E-state index contributed by atoms with van der Waals surface area (Å²) in [7, 11) is 1.59. The minimum atomic E-state index is -2.87. The van der Waals surface area contributed by atoms with E-state index in [4.69, 9.17) is 10.5 Å². The Morgan fingerprint density at radius 3 is 2.76 bits per heavy atom. The maximum Gasteiger partial charge on any atom is 0.387 e. The van der Waals surface area contributed by atoms with Gasteiger partial charge in [0.15, 0.2) is 5.96 Å². The zero-order valence-electron chi connectivity index (χ0n) is 12.4. The van der Waals surface area contributed by atoms with Crippen LogP contribution in [0.15, 0.2) is 23.2 Å². The maximum atomic E-state index is 12.3. The first-order valence-corrected chi connectivity index (χ1v) is 6.52. The topological polar surface area (TPSA) is 68.9 Å². The van der Waals surface area contributed by atoms with Crippen molar-refractivity contribution < 1.29 is 18.3 Å². The van der Waals surface area contributed by atoms with E-state index < -0.39 is 6.61 Å². The number of aryl methyl sites for hydroxylation is 1. The van der Waals surface area contributed by atoms with E-state index in [0.717, 1.165) is 5.56 Å². The van der Waals surface area contributed by atoms with Crippen LogP contribution in [0.25, 0.3) is 0 Å². The molecule has 0 aromatic heterocycles. The van der Waals surface area contributed by atoms with Crippen LogP contribution < -0.4 is 15.8 Å². The molecule has 0 aliphatic heterocycles. The SMILES string of the molecule is COCC(C)NC(N)=NCc1cc(C)ccc1OC(F)F. The smallest absolute Gasteiger partial charge is 0.387 e. The summed E-state index contributed by atoms with van der Waals surface area (Å²) in [6.45, 7) is 1.53. The molecule has 0 aliphatic carbocycles. The van der Waals surface area contributed by atoms with Gasteiger partial charge in [-0.1, -0.05) is 17.7 Å². The van der Waals surface area contributed by atoms with Crippen molar-refractivity contribution in [2.45, 2.75) is 33.0 Å². The van der Waals surface area contributed by atoms with Gasteiger partial charge >= 0.3 is 6.61 Å². The molecule has 0 saturated heterocycles. The molecule has 1 aromatic carbocycles. The Labute approximate surface area is 123 Å². The third-order valence-corrected chi connectivity index (χ3v) is 2.66. The highest BCUT2D eigenvalue weighted by Crippen LogP contribution is 2.22. The molecule has 0 fully saturated rings. The Balaban J connectivity index is 2.74.